The van der Waals surface area contributed by atoms with Gasteiger partial charge in [-0.25, -0.2) is 48.7 Å². The smallest absolute Gasteiger partial charge is 0.183 e. The maximum Gasteiger partial charge on any atom is 0.183 e. The van der Waals surface area contributed by atoms with Gasteiger partial charge in [-0.15, -0.1) is 0 Å². The highest BCUT2D eigenvalue weighted by molar-refractivity contribution is 5.89. The molecule has 131 heavy (non-hydrogen) atoms. The van der Waals surface area contributed by atoms with Gasteiger partial charge in [0.15, 0.2) is 85.4 Å². The third kappa shape index (κ3) is 14.5. The molecule has 13 aliphatic heterocycles. The molecule has 8 fully saturated rings. The van der Waals surface area contributed by atoms with Crippen LogP contribution in [-0.2, 0) is 6.42 Å². The van der Waals surface area contributed by atoms with E-state index in [1.165, 1.54) is 82.1 Å². The highest BCUT2D eigenvalue weighted by atomic mass is 19.1. The molecule has 1 unspecified atom stereocenters. The van der Waals surface area contributed by atoms with E-state index in [2.05, 4.69) is 103 Å². The van der Waals surface area contributed by atoms with Crippen molar-refractivity contribution in [3.05, 3.63) is 166 Å². The summed E-state index contributed by atoms with van der Waals surface area (Å²) in [5.41, 5.74) is 40.0. The largest absolute Gasteiger partial charge is 0.485 e. The van der Waals surface area contributed by atoms with Crippen molar-refractivity contribution in [3.63, 3.8) is 0 Å². The van der Waals surface area contributed by atoms with Crippen LogP contribution in [0, 0.1) is 32.4 Å². The van der Waals surface area contributed by atoms with Gasteiger partial charge in [-0.05, 0) is 153 Å². The Labute approximate surface area is 756 Å². The minimum absolute atomic E-state index is 0.0831. The Bertz CT molecular complexity index is 6330. The quantitative estimate of drug-likeness (QED) is 0.0700. The number of nitrogens with zero attached hydrogens (tertiary/aromatic N) is 21. The maximum absolute atomic E-state index is 13.7. The number of nitrogens with one attached hydrogen (secondary N) is 4. The number of hydrogen-bond donors (Lipinski definition) is 8. The molecule has 4 spiro atoms. The predicted octanol–water partition coefficient (Wildman–Crippen LogP) is 13.3. The van der Waals surface area contributed by atoms with Gasteiger partial charge in [0.25, 0.3) is 0 Å². The highest BCUT2D eigenvalue weighted by Gasteiger charge is 2.58. The first-order chi connectivity index (χ1) is 63.9. The van der Waals surface area contributed by atoms with Crippen molar-refractivity contribution in [3.8, 4) is 23.0 Å². The van der Waals surface area contributed by atoms with Gasteiger partial charge in [-0.2, -0.15) is 20.4 Å². The summed E-state index contributed by atoms with van der Waals surface area (Å²) in [6.07, 6.45) is 25.5. The standard InChI is InChI=1S/C27H28N8O.2C23H28FN7O.C23H29N7O/c28-24-18-5-1-2-8-21(18)36-27(24)13-16-9-10-17(14-27)35(16)22-15-30-23-25(31-22)32-33-26(23)34-12-4-6-19-20(34)7-3-11-29-19;1-14-21(27-20-18(26-14)22(29-28-20)30-9-3-2-4-10-30)31-11-7-23(8-12-31)19(25)16-13-15(24)5-6-17(16)32-23;1-14-21(27-20-18(26-14)22(29-28-20)30-9-3-2-4-10-30)31-11-7-23(8-12-31)19(25)16-6-5-15(24)13-17(16)32-23;1-15-21(26-20-18(25-15)22(28-27-20)29-11-5-2-6-12-29)30-13-9-23(10-14-30)19(24)16-7-3-4-8-17(16)31-23/h1-3,5,7-8,11,15-17,24H,4,6,9-10,12-14,28H2,(H,31,32,33);2*5-6,13,19H,2-4,7-12,25H2,1H3,(H,27,28,29);3-4,7-8,19H,2,5-6,9-14,24H2,1H3,(H,26,27,28)/t16-,17+,24-,27?;3*19-/m1111/s1. The molecule has 4 aromatic carbocycles. The average Bonchev–Trinajstić information content (AvgIpc) is 1.53. The van der Waals surface area contributed by atoms with Crippen molar-refractivity contribution in [2.75, 3.05) is 124 Å². The first-order valence-electron chi connectivity index (χ1n) is 47.4. The Balaban J connectivity index is 0.0000000995. The molecule has 13 aliphatic rings. The molecule has 2 bridgehead atoms. The van der Waals surface area contributed by atoms with Crippen LogP contribution in [0.3, 0.4) is 0 Å². The van der Waals surface area contributed by atoms with Crippen molar-refractivity contribution in [1.82, 2.24) is 85.6 Å². The number of benzene rings is 4. The summed E-state index contributed by atoms with van der Waals surface area (Å²) in [4.78, 5) is 62.3. The number of halogens is 2. The van der Waals surface area contributed by atoms with Crippen LogP contribution in [0.4, 0.5) is 61.0 Å². The summed E-state index contributed by atoms with van der Waals surface area (Å²) >= 11 is 0. The van der Waals surface area contributed by atoms with E-state index in [9.17, 15) is 8.78 Å². The topological polar surface area (TPSA) is 398 Å². The normalized spacial score (nSPS) is 24.1. The van der Waals surface area contributed by atoms with Gasteiger partial charge >= 0.3 is 0 Å². The number of aromatic nitrogens is 17. The molecule has 33 nitrogen and oxygen atoms in total. The van der Waals surface area contributed by atoms with Crippen LogP contribution in [0.25, 0.3) is 44.7 Å². The van der Waals surface area contributed by atoms with Crippen LogP contribution in [0.15, 0.2) is 109 Å². The number of fused-ring (bicyclic) bond motifs is 11. The van der Waals surface area contributed by atoms with Crippen LogP contribution in [0.1, 0.15) is 198 Å². The molecule has 35 heteroatoms. The molecule has 8 saturated heterocycles. The van der Waals surface area contributed by atoms with Crippen LogP contribution < -0.4 is 81.1 Å². The summed E-state index contributed by atoms with van der Waals surface area (Å²) in [7, 11) is 0. The third-order valence-electron chi connectivity index (χ3n) is 30.4. The lowest BCUT2D eigenvalue weighted by Gasteiger charge is -2.46. The monoisotopic (exact) mass is 1770 g/mol. The van der Waals surface area contributed by atoms with E-state index in [4.69, 9.17) is 81.8 Å². The molecule has 9 aromatic heterocycles. The number of nitrogens with two attached hydrogens (primary N) is 4. The first-order valence-corrected chi connectivity index (χ1v) is 47.4. The van der Waals surface area contributed by atoms with Gasteiger partial charge in [0.05, 0.1) is 58.8 Å². The molecule has 7 atom stereocenters. The Hall–Kier alpha value is -12.5. The molecule has 13 aromatic rings. The molecule has 0 aliphatic carbocycles. The molecule has 26 rings (SSSR count). The van der Waals surface area contributed by atoms with Crippen molar-refractivity contribution in [2.24, 2.45) is 22.9 Å². The molecule has 0 saturated carbocycles. The van der Waals surface area contributed by atoms with Crippen LogP contribution in [0.5, 0.6) is 23.0 Å². The minimum Gasteiger partial charge on any atom is -0.485 e. The minimum atomic E-state index is -0.493. The lowest BCUT2D eigenvalue weighted by molar-refractivity contribution is 0.0272. The van der Waals surface area contributed by atoms with Crippen molar-refractivity contribution in [2.45, 2.75) is 214 Å². The second-order valence-electron chi connectivity index (χ2n) is 38.2. The molecular formula is C96H113F2N29O4. The summed E-state index contributed by atoms with van der Waals surface area (Å²) in [6, 6.07) is 29.6. The SMILES string of the molecule is Cc1nc2c(N3CCCCC3)n[nH]c2nc1N1CCC2(CC1)Oc1cc(F)ccc1[C@H]2N.Cc1nc2c(N3CCCCC3)n[nH]c2nc1N1CCC2(CC1)Oc1ccc(F)cc1[C@H]2N.Cc1nc2c(N3CCCCC3)n[nH]c2nc1N1CCC2(CC1)Oc1ccccc1[C@H]2N.N[C@@H]1c2ccccc2OC12C[C@H]1CC[C@@H](C2)N1c1cnc2c(N3CCCc4ncccc43)n[nH]c2n1. The van der Waals surface area contributed by atoms with Gasteiger partial charge in [-0.3, -0.25) is 25.4 Å². The lowest BCUT2D eigenvalue weighted by Crippen LogP contribution is -2.56. The summed E-state index contributed by atoms with van der Waals surface area (Å²) in [5, 5.41) is 30.7. The van der Waals surface area contributed by atoms with E-state index < -0.39 is 11.2 Å². The molecule has 12 N–H and O–H groups in total. The van der Waals surface area contributed by atoms with Crippen molar-refractivity contribution in [1.29, 1.82) is 0 Å². The average molecular weight is 1780 g/mol. The number of H-pyrrole nitrogens is 4. The van der Waals surface area contributed by atoms with E-state index >= 15 is 0 Å². The second-order valence-corrected chi connectivity index (χ2v) is 38.2. The van der Waals surface area contributed by atoms with Crippen LogP contribution in [-0.4, -0.2) is 205 Å². The van der Waals surface area contributed by atoms with E-state index in [1.807, 2.05) is 75.6 Å². The number of pyridine rings is 1. The van der Waals surface area contributed by atoms with Crippen LogP contribution in [0.2, 0.25) is 0 Å². The zero-order valence-corrected chi connectivity index (χ0v) is 74.5. The second kappa shape index (κ2) is 33.1. The first kappa shape index (κ1) is 82.9. The Morgan fingerprint density at radius 1 is 0.359 bits per heavy atom. The molecule has 22 heterocycles. The fraction of sp³-hybridized carbons (Fsp3) is 0.490. The van der Waals surface area contributed by atoms with Gasteiger partial charge in [-0.1, -0.05) is 42.5 Å². The molecule has 680 valence electrons. The van der Waals surface area contributed by atoms with Gasteiger partial charge < -0.3 is 81.1 Å². The van der Waals surface area contributed by atoms with E-state index in [-0.39, 0.29) is 47.0 Å². The summed E-state index contributed by atoms with van der Waals surface area (Å²) in [6.45, 7) is 17.8. The van der Waals surface area contributed by atoms with E-state index in [0.717, 1.165) is 316 Å². The fourth-order valence-corrected chi connectivity index (χ4v) is 23.4. The molecule has 0 radical (unpaired) electrons. The van der Waals surface area contributed by atoms with Gasteiger partial charge in [0, 0.05) is 183 Å². The Morgan fingerprint density at radius 2 is 0.756 bits per heavy atom. The zero-order chi connectivity index (χ0) is 88.6. The predicted molar refractivity (Wildman–Crippen MR) is 498 cm³/mol. The number of piperidine rings is 7. The highest BCUT2D eigenvalue weighted by Crippen LogP contribution is 2.56. The van der Waals surface area contributed by atoms with Gasteiger partial charge in [0.2, 0.25) is 0 Å². The number of ether oxygens (including phenoxy) is 4. The number of para-hydroxylation sites is 2. The van der Waals surface area contributed by atoms with Gasteiger partial charge in [0.1, 0.15) is 62.9 Å². The number of anilines is 9. The summed E-state index contributed by atoms with van der Waals surface area (Å²) in [5.74, 6) is 9.75. The summed E-state index contributed by atoms with van der Waals surface area (Å²) < 4.78 is 52.9. The number of rotatable bonds is 8. The number of aryl methyl sites for hydroxylation is 4. The van der Waals surface area contributed by atoms with Crippen molar-refractivity contribution < 1.29 is 27.7 Å². The van der Waals surface area contributed by atoms with E-state index in [1.54, 1.807) is 12.1 Å². The Kier molecular flexibility index (Phi) is 21.0. The maximum atomic E-state index is 13.7. The zero-order valence-electron chi connectivity index (χ0n) is 74.5. The number of hydrogen-bond acceptors (Lipinski definition) is 29. The lowest BCUT2D eigenvalue weighted by atomic mass is 9.79. The molecule has 0 amide bonds. The fourth-order valence-electron chi connectivity index (χ4n) is 23.4. The molecular weight excluding hydrogens is 1660 g/mol. The number of aromatic amines is 4. The van der Waals surface area contributed by atoms with Crippen molar-refractivity contribution >= 4 is 96.9 Å². The third-order valence-corrected chi connectivity index (χ3v) is 30.4. The van der Waals surface area contributed by atoms with Crippen LogP contribution >= 0.6 is 0 Å². The van der Waals surface area contributed by atoms with E-state index in [0.29, 0.717) is 23.6 Å². The Morgan fingerprint density at radius 3 is 1.24 bits per heavy atom.